The third kappa shape index (κ3) is 8.37. The van der Waals surface area contributed by atoms with E-state index in [1.54, 1.807) is 42.2 Å². The highest BCUT2D eigenvalue weighted by Gasteiger charge is 2.35. The monoisotopic (exact) mass is 597 g/mol. The largest absolute Gasteiger partial charge is 0.494 e. The fourth-order valence-corrected chi connectivity index (χ4v) is 4.40. The minimum atomic E-state index is -4.72. The number of aromatic nitrogens is 2. The van der Waals surface area contributed by atoms with Gasteiger partial charge in [0.2, 0.25) is 17.8 Å². The van der Waals surface area contributed by atoms with Crippen molar-refractivity contribution in [2.75, 3.05) is 54.1 Å². The van der Waals surface area contributed by atoms with Gasteiger partial charge in [0.25, 0.3) is 0 Å². The molecule has 1 aliphatic heterocycles. The van der Waals surface area contributed by atoms with Crippen LogP contribution in [-0.4, -0.2) is 60.0 Å². The summed E-state index contributed by atoms with van der Waals surface area (Å²) in [6, 6.07) is 11.7. The molecule has 3 aromatic rings. The van der Waals surface area contributed by atoms with E-state index in [0.29, 0.717) is 49.5 Å². The normalized spacial score (nSPS) is 13.8. The van der Waals surface area contributed by atoms with Crippen LogP contribution >= 0.6 is 0 Å². The number of rotatable bonds is 9. The average Bonchev–Trinajstić information content (AvgIpc) is 2.96. The van der Waals surface area contributed by atoms with Gasteiger partial charge in [0.1, 0.15) is 17.1 Å². The van der Waals surface area contributed by atoms with Crippen molar-refractivity contribution in [3.63, 3.8) is 0 Å². The van der Waals surface area contributed by atoms with Gasteiger partial charge in [-0.25, -0.2) is 4.98 Å². The molecule has 2 aromatic carbocycles. The highest BCUT2D eigenvalue weighted by atomic mass is 19.4. The van der Waals surface area contributed by atoms with Gasteiger partial charge in [-0.05, 0) is 42.3 Å². The summed E-state index contributed by atoms with van der Waals surface area (Å²) in [5.74, 6) is -0.232. The molecule has 10 nitrogen and oxygen atoms in total. The number of methoxy groups -OCH3 is 1. The molecule has 0 spiro atoms. The zero-order valence-electron chi connectivity index (χ0n) is 24.3. The SMILES string of the molecule is COc1cc(N2CCN(C(C)=O)CC2)ccc1Nc1ncc(C(F)(F)F)c(Nc2cccc(NC(=O)/C=C/C(C)C)c2)n1. The van der Waals surface area contributed by atoms with Crippen LogP contribution in [-0.2, 0) is 15.8 Å². The van der Waals surface area contributed by atoms with Gasteiger partial charge in [-0.1, -0.05) is 26.0 Å². The van der Waals surface area contributed by atoms with E-state index in [0.717, 1.165) is 5.69 Å². The number of nitrogens with zero attached hydrogens (tertiary/aromatic N) is 4. The smallest absolute Gasteiger partial charge is 0.421 e. The van der Waals surface area contributed by atoms with Gasteiger partial charge in [-0.2, -0.15) is 18.2 Å². The molecule has 3 N–H and O–H groups in total. The highest BCUT2D eigenvalue weighted by molar-refractivity contribution is 5.99. The molecule has 0 saturated carbocycles. The minimum absolute atomic E-state index is 0.0381. The first-order valence-electron chi connectivity index (χ1n) is 13.7. The fourth-order valence-electron chi connectivity index (χ4n) is 4.40. The molecule has 13 heteroatoms. The van der Waals surface area contributed by atoms with E-state index < -0.39 is 17.6 Å². The number of nitrogens with one attached hydrogen (secondary N) is 3. The molecule has 0 atom stereocenters. The summed E-state index contributed by atoms with van der Waals surface area (Å²) in [7, 11) is 1.49. The molecular formula is C30H34F3N7O3. The lowest BCUT2D eigenvalue weighted by Crippen LogP contribution is -2.48. The van der Waals surface area contributed by atoms with Crippen molar-refractivity contribution in [3.05, 3.63) is 66.4 Å². The summed E-state index contributed by atoms with van der Waals surface area (Å²) in [6.07, 6.45) is -0.874. The number of anilines is 6. The molecule has 4 rings (SSSR count). The van der Waals surface area contributed by atoms with Gasteiger partial charge in [0, 0.05) is 62.4 Å². The average molecular weight is 598 g/mol. The van der Waals surface area contributed by atoms with Crippen molar-refractivity contribution in [2.45, 2.75) is 26.9 Å². The Morgan fingerprint density at radius 3 is 2.40 bits per heavy atom. The second-order valence-corrected chi connectivity index (χ2v) is 10.3. The summed E-state index contributed by atoms with van der Waals surface area (Å²) < 4.78 is 47.1. The van der Waals surface area contributed by atoms with Crippen molar-refractivity contribution in [3.8, 4) is 5.75 Å². The van der Waals surface area contributed by atoms with Gasteiger partial charge in [-0.15, -0.1) is 0 Å². The number of allylic oxidation sites excluding steroid dienone is 1. The molecule has 0 aliphatic carbocycles. The van der Waals surface area contributed by atoms with E-state index in [4.69, 9.17) is 4.74 Å². The number of piperazine rings is 1. The number of ether oxygens (including phenoxy) is 1. The molecule has 1 aromatic heterocycles. The third-order valence-corrected chi connectivity index (χ3v) is 6.64. The Morgan fingerprint density at radius 2 is 1.74 bits per heavy atom. The lowest BCUT2D eigenvalue weighted by molar-refractivity contribution is -0.137. The number of carbonyl (C=O) groups is 2. The lowest BCUT2D eigenvalue weighted by Gasteiger charge is -2.35. The first-order chi connectivity index (χ1) is 20.4. The summed E-state index contributed by atoms with van der Waals surface area (Å²) in [5.41, 5.74) is 0.968. The second-order valence-electron chi connectivity index (χ2n) is 10.3. The Kier molecular flexibility index (Phi) is 9.73. The van der Waals surface area contributed by atoms with Crippen LogP contribution in [0.1, 0.15) is 26.3 Å². The number of halogens is 3. The Hall–Kier alpha value is -4.81. The maximum Gasteiger partial charge on any atom is 0.421 e. The van der Waals surface area contributed by atoms with Gasteiger partial charge >= 0.3 is 6.18 Å². The zero-order chi connectivity index (χ0) is 31.1. The van der Waals surface area contributed by atoms with Gasteiger partial charge < -0.3 is 30.5 Å². The molecule has 2 amide bonds. The van der Waals surface area contributed by atoms with E-state index in [-0.39, 0.29) is 29.4 Å². The fraction of sp³-hybridized carbons (Fsp3) is 0.333. The number of hydrogen-bond acceptors (Lipinski definition) is 8. The van der Waals surface area contributed by atoms with Gasteiger partial charge in [0.15, 0.2) is 0 Å². The lowest BCUT2D eigenvalue weighted by atomic mass is 10.2. The summed E-state index contributed by atoms with van der Waals surface area (Å²) >= 11 is 0. The molecule has 0 radical (unpaired) electrons. The Labute approximate surface area is 248 Å². The van der Waals surface area contributed by atoms with Crippen LogP contribution in [0.15, 0.2) is 60.8 Å². The molecule has 1 aliphatic rings. The summed E-state index contributed by atoms with van der Waals surface area (Å²) in [4.78, 5) is 35.7. The van der Waals surface area contributed by atoms with Crippen molar-refractivity contribution < 1.29 is 27.5 Å². The number of carbonyl (C=O) groups excluding carboxylic acids is 2. The van der Waals surface area contributed by atoms with Crippen LogP contribution in [0.2, 0.25) is 0 Å². The number of amides is 2. The first-order valence-corrected chi connectivity index (χ1v) is 13.7. The van der Waals surface area contributed by atoms with Crippen LogP contribution in [0.5, 0.6) is 5.75 Å². The Bertz CT molecular complexity index is 1490. The van der Waals surface area contributed by atoms with Gasteiger partial charge in [-0.3, -0.25) is 9.59 Å². The molecule has 43 heavy (non-hydrogen) atoms. The van der Waals surface area contributed by atoms with E-state index in [2.05, 4.69) is 30.8 Å². The topological polar surface area (TPSA) is 112 Å². The predicted molar refractivity (Wildman–Crippen MR) is 160 cm³/mol. The van der Waals surface area contributed by atoms with Gasteiger partial charge in [0.05, 0.1) is 12.8 Å². The third-order valence-electron chi connectivity index (χ3n) is 6.64. The quantitative estimate of drug-likeness (QED) is 0.265. The second kappa shape index (κ2) is 13.4. The molecular weight excluding hydrogens is 563 g/mol. The Balaban J connectivity index is 1.54. The van der Waals surface area contributed by atoms with Crippen molar-refractivity contribution >= 4 is 46.3 Å². The zero-order valence-corrected chi connectivity index (χ0v) is 24.3. The van der Waals surface area contributed by atoms with Crippen LogP contribution < -0.4 is 25.6 Å². The highest BCUT2D eigenvalue weighted by Crippen LogP contribution is 2.37. The van der Waals surface area contributed by atoms with Crippen molar-refractivity contribution in [1.29, 1.82) is 0 Å². The maximum atomic E-state index is 13.9. The first kappa shape index (κ1) is 31.1. The van der Waals surface area contributed by atoms with Crippen molar-refractivity contribution in [2.24, 2.45) is 5.92 Å². The van der Waals surface area contributed by atoms with Crippen LogP contribution in [0.3, 0.4) is 0 Å². The van der Waals surface area contributed by atoms with E-state index in [9.17, 15) is 22.8 Å². The number of benzene rings is 2. The summed E-state index contributed by atoms with van der Waals surface area (Å²) in [6.45, 7) is 7.95. The summed E-state index contributed by atoms with van der Waals surface area (Å²) in [5, 5.41) is 8.36. The Morgan fingerprint density at radius 1 is 1.02 bits per heavy atom. The molecule has 0 unspecified atom stereocenters. The van der Waals surface area contributed by atoms with E-state index in [1.807, 2.05) is 26.0 Å². The van der Waals surface area contributed by atoms with E-state index in [1.165, 1.54) is 19.3 Å². The predicted octanol–water partition coefficient (Wildman–Crippen LogP) is 5.81. The molecule has 228 valence electrons. The standard InChI is InChI=1S/C30H34F3N7O3/c1-19(2)8-11-27(42)35-21-6-5-7-22(16-21)36-28-24(30(31,32)33)18-34-29(38-28)37-25-10-9-23(17-26(25)43-4)40-14-12-39(13-15-40)20(3)41/h5-11,16-19H,12-15H2,1-4H3,(H,35,42)(H2,34,36,37,38)/b11-8+. The minimum Gasteiger partial charge on any atom is -0.494 e. The molecule has 2 heterocycles. The molecule has 1 saturated heterocycles. The molecule has 1 fully saturated rings. The number of alkyl halides is 3. The molecule has 0 bridgehead atoms. The van der Waals surface area contributed by atoms with Crippen LogP contribution in [0, 0.1) is 5.92 Å². The van der Waals surface area contributed by atoms with E-state index >= 15 is 0 Å². The number of hydrogen-bond donors (Lipinski definition) is 3. The van der Waals surface area contributed by atoms with Crippen LogP contribution in [0.4, 0.5) is 47.7 Å². The maximum absolute atomic E-state index is 13.9. The van der Waals surface area contributed by atoms with Crippen LogP contribution in [0.25, 0.3) is 0 Å². The van der Waals surface area contributed by atoms with Crippen molar-refractivity contribution in [1.82, 2.24) is 14.9 Å².